The van der Waals surface area contributed by atoms with Gasteiger partial charge in [0.1, 0.15) is 16.0 Å². The van der Waals surface area contributed by atoms with Crippen LogP contribution in [0.1, 0.15) is 21.8 Å². The molecule has 2 unspecified atom stereocenters. The Labute approximate surface area is 221 Å². The van der Waals surface area contributed by atoms with Crippen molar-refractivity contribution >= 4 is 85.5 Å². The first-order valence-corrected chi connectivity index (χ1v) is 12.0. The third kappa shape index (κ3) is 5.04. The molecule has 0 heterocycles. The van der Waals surface area contributed by atoms with Crippen LogP contribution in [0.2, 0.25) is 10.0 Å². The van der Waals surface area contributed by atoms with Crippen molar-refractivity contribution < 1.29 is 18.4 Å². The predicted molar refractivity (Wildman–Crippen MR) is 134 cm³/mol. The van der Waals surface area contributed by atoms with Crippen molar-refractivity contribution in [3.63, 3.8) is 0 Å². The molecule has 176 valence electrons. The Bertz CT molecular complexity index is 1320. The van der Waals surface area contributed by atoms with Crippen LogP contribution in [0.25, 0.3) is 0 Å². The second-order valence-electron chi connectivity index (χ2n) is 7.57. The van der Waals surface area contributed by atoms with E-state index in [1.165, 1.54) is 18.2 Å². The van der Waals surface area contributed by atoms with Gasteiger partial charge in [0.2, 0.25) is 5.91 Å². The van der Waals surface area contributed by atoms with Crippen LogP contribution >= 0.6 is 62.3 Å². The zero-order chi connectivity index (χ0) is 24.8. The Kier molecular flexibility index (Phi) is 7.14. The molecule has 1 fully saturated rings. The van der Waals surface area contributed by atoms with Crippen molar-refractivity contribution in [2.75, 3.05) is 10.6 Å². The second-order valence-corrected chi connectivity index (χ2v) is 10.7. The first-order chi connectivity index (χ1) is 16.0. The number of nitrogens with one attached hydrogen (secondary N) is 2. The highest BCUT2D eigenvalue weighted by atomic mass is 79.9. The van der Waals surface area contributed by atoms with E-state index in [0.29, 0.717) is 15.6 Å². The Morgan fingerprint density at radius 3 is 2.29 bits per heavy atom. The van der Waals surface area contributed by atoms with E-state index >= 15 is 0 Å². The van der Waals surface area contributed by atoms with Gasteiger partial charge in [0.15, 0.2) is 0 Å². The summed E-state index contributed by atoms with van der Waals surface area (Å²) in [5.41, 5.74) is 0.742. The third-order valence-corrected chi connectivity index (χ3v) is 7.78. The summed E-state index contributed by atoms with van der Waals surface area (Å²) in [4.78, 5) is 25.6. The van der Waals surface area contributed by atoms with E-state index in [0.717, 1.165) is 17.7 Å². The van der Waals surface area contributed by atoms with Crippen molar-refractivity contribution in [2.24, 2.45) is 5.92 Å². The summed E-state index contributed by atoms with van der Waals surface area (Å²) in [5.74, 6) is -4.16. The number of hydrogen-bond donors (Lipinski definition) is 2. The zero-order valence-electron chi connectivity index (χ0n) is 16.8. The fourth-order valence-corrected chi connectivity index (χ4v) is 5.10. The lowest BCUT2D eigenvalue weighted by Crippen LogP contribution is -2.18. The Hall–Kier alpha value is -1.90. The average molecular weight is 609 g/mol. The molecule has 2 N–H and O–H groups in total. The summed E-state index contributed by atoms with van der Waals surface area (Å²) in [6.07, 6.45) is 0. The molecule has 1 saturated carbocycles. The number of carbonyl (C=O) groups is 2. The van der Waals surface area contributed by atoms with Crippen LogP contribution in [0, 0.1) is 17.6 Å². The summed E-state index contributed by atoms with van der Waals surface area (Å²) in [6.45, 7) is 0. The standard InChI is InChI=1S/C23H13BrCl4F2N2O2/c24-14-7-10(1-4-16(14)26)19-20(23(19,27)28)22(34)31-12-3-5-15(25)13(9-12)21(33)32-18-6-2-11(29)8-17(18)30/h1-9,19-20H,(H,31,34)(H,32,33). The van der Waals surface area contributed by atoms with Gasteiger partial charge in [-0.2, -0.15) is 0 Å². The van der Waals surface area contributed by atoms with E-state index in [2.05, 4.69) is 26.6 Å². The van der Waals surface area contributed by atoms with Gasteiger partial charge in [-0.1, -0.05) is 29.3 Å². The summed E-state index contributed by atoms with van der Waals surface area (Å²) < 4.78 is 26.3. The number of anilines is 2. The van der Waals surface area contributed by atoms with Crippen molar-refractivity contribution in [3.8, 4) is 0 Å². The summed E-state index contributed by atoms with van der Waals surface area (Å²) in [6, 6.07) is 12.1. The van der Waals surface area contributed by atoms with E-state index in [-0.39, 0.29) is 22.0 Å². The van der Waals surface area contributed by atoms with Gasteiger partial charge in [0.25, 0.3) is 5.91 Å². The molecule has 0 aromatic heterocycles. The molecular weight excluding hydrogens is 596 g/mol. The number of alkyl halides is 2. The summed E-state index contributed by atoms with van der Waals surface area (Å²) in [7, 11) is 0. The Morgan fingerprint density at radius 2 is 1.62 bits per heavy atom. The molecule has 4 rings (SSSR count). The van der Waals surface area contributed by atoms with E-state index < -0.39 is 39.6 Å². The SMILES string of the molecule is O=C(Nc1ccc(F)cc1F)c1cc(NC(=O)C2C(c3ccc(Cl)c(Br)c3)C2(Cl)Cl)ccc1Cl. The van der Waals surface area contributed by atoms with E-state index in [1.54, 1.807) is 18.2 Å². The van der Waals surface area contributed by atoms with Gasteiger partial charge in [-0.3, -0.25) is 9.59 Å². The Morgan fingerprint density at radius 1 is 0.912 bits per heavy atom. The minimum atomic E-state index is -1.33. The van der Waals surface area contributed by atoms with Gasteiger partial charge in [-0.25, -0.2) is 8.78 Å². The highest BCUT2D eigenvalue weighted by Crippen LogP contribution is 2.65. The van der Waals surface area contributed by atoms with Crippen LogP contribution in [0.3, 0.4) is 0 Å². The number of benzene rings is 3. The number of hydrogen-bond acceptors (Lipinski definition) is 2. The molecular formula is C23H13BrCl4F2N2O2. The van der Waals surface area contributed by atoms with Crippen LogP contribution in [-0.4, -0.2) is 16.1 Å². The van der Waals surface area contributed by atoms with Gasteiger partial charge in [-0.15, -0.1) is 23.2 Å². The average Bonchev–Trinajstić information content (AvgIpc) is 3.35. The number of halogens is 7. The molecule has 1 aliphatic carbocycles. The van der Waals surface area contributed by atoms with Gasteiger partial charge in [-0.05, 0) is 64.0 Å². The molecule has 2 amide bonds. The first kappa shape index (κ1) is 25.2. The second kappa shape index (κ2) is 9.63. The summed E-state index contributed by atoms with van der Waals surface area (Å²) >= 11 is 28.3. The predicted octanol–water partition coefficient (Wildman–Crippen LogP) is 7.81. The minimum Gasteiger partial charge on any atom is -0.326 e. The lowest BCUT2D eigenvalue weighted by atomic mass is 10.1. The van der Waals surface area contributed by atoms with Crippen LogP contribution in [0.4, 0.5) is 20.2 Å². The lowest BCUT2D eigenvalue weighted by molar-refractivity contribution is -0.117. The third-order valence-electron chi connectivity index (χ3n) is 5.30. The summed E-state index contributed by atoms with van der Waals surface area (Å²) in [5, 5.41) is 5.58. The van der Waals surface area contributed by atoms with Gasteiger partial charge >= 0.3 is 0 Å². The van der Waals surface area contributed by atoms with E-state index in [1.807, 2.05) is 0 Å². The quantitative estimate of drug-likeness (QED) is 0.290. The molecule has 34 heavy (non-hydrogen) atoms. The highest BCUT2D eigenvalue weighted by molar-refractivity contribution is 9.10. The molecule has 2 atom stereocenters. The van der Waals surface area contributed by atoms with Crippen molar-refractivity contribution in [1.29, 1.82) is 0 Å². The molecule has 1 aliphatic rings. The monoisotopic (exact) mass is 606 g/mol. The molecule has 0 spiro atoms. The molecule has 0 bridgehead atoms. The lowest BCUT2D eigenvalue weighted by Gasteiger charge is -2.11. The maximum absolute atomic E-state index is 13.9. The molecule has 3 aromatic carbocycles. The van der Waals surface area contributed by atoms with Gasteiger partial charge in [0.05, 0.1) is 27.2 Å². The number of carbonyl (C=O) groups excluding carboxylic acids is 2. The fourth-order valence-electron chi connectivity index (χ4n) is 3.55. The maximum Gasteiger partial charge on any atom is 0.257 e. The van der Waals surface area contributed by atoms with Gasteiger partial charge in [0, 0.05) is 22.1 Å². The van der Waals surface area contributed by atoms with Crippen LogP contribution < -0.4 is 10.6 Å². The molecule has 0 aliphatic heterocycles. The van der Waals surface area contributed by atoms with Crippen LogP contribution in [-0.2, 0) is 4.79 Å². The van der Waals surface area contributed by atoms with Crippen molar-refractivity contribution in [2.45, 2.75) is 10.3 Å². The van der Waals surface area contributed by atoms with Crippen molar-refractivity contribution in [3.05, 3.63) is 91.9 Å². The molecule has 3 aromatic rings. The number of rotatable bonds is 5. The fraction of sp³-hybridized carbons (Fsp3) is 0.130. The zero-order valence-corrected chi connectivity index (χ0v) is 21.4. The molecule has 0 saturated heterocycles. The topological polar surface area (TPSA) is 58.2 Å². The van der Waals surface area contributed by atoms with Crippen LogP contribution in [0.5, 0.6) is 0 Å². The Balaban J connectivity index is 1.51. The molecule has 4 nitrogen and oxygen atoms in total. The largest absolute Gasteiger partial charge is 0.326 e. The normalized spacial score (nSPS) is 18.3. The smallest absolute Gasteiger partial charge is 0.257 e. The van der Waals surface area contributed by atoms with Gasteiger partial charge < -0.3 is 10.6 Å². The molecule has 0 radical (unpaired) electrons. The molecule has 11 heteroatoms. The maximum atomic E-state index is 13.9. The number of amides is 2. The van der Waals surface area contributed by atoms with E-state index in [9.17, 15) is 18.4 Å². The minimum absolute atomic E-state index is 0.0276. The highest BCUT2D eigenvalue weighted by Gasteiger charge is 2.67. The van der Waals surface area contributed by atoms with Crippen molar-refractivity contribution in [1.82, 2.24) is 0 Å². The first-order valence-electron chi connectivity index (χ1n) is 9.68. The van der Waals surface area contributed by atoms with E-state index in [4.69, 9.17) is 46.4 Å². The van der Waals surface area contributed by atoms with Crippen LogP contribution in [0.15, 0.2) is 59.1 Å².